The fourth-order valence-corrected chi connectivity index (χ4v) is 3.29. The number of halogens is 1. The summed E-state index contributed by atoms with van der Waals surface area (Å²) in [5.41, 5.74) is 6.79. The van der Waals surface area contributed by atoms with Gasteiger partial charge in [0.1, 0.15) is 13.1 Å². The minimum absolute atomic E-state index is 0.301. The first-order valence-electron chi connectivity index (χ1n) is 11.1. The van der Waals surface area contributed by atoms with Gasteiger partial charge in [0.25, 0.3) is 0 Å². The van der Waals surface area contributed by atoms with Crippen molar-refractivity contribution < 1.29 is 19.8 Å². The Balaban J connectivity index is 0.000000305. The molecule has 3 aromatic rings. The Morgan fingerprint density at radius 2 is 1.44 bits per heavy atom. The highest BCUT2D eigenvalue weighted by Crippen LogP contribution is 2.33. The molecule has 0 unspecified atom stereocenters. The summed E-state index contributed by atoms with van der Waals surface area (Å²) >= 11 is 5.75. The van der Waals surface area contributed by atoms with Gasteiger partial charge >= 0.3 is 0 Å². The van der Waals surface area contributed by atoms with Gasteiger partial charge in [-0.3, -0.25) is 4.79 Å². The predicted octanol–water partition coefficient (Wildman–Crippen LogP) is 6.08. The first kappa shape index (κ1) is 29.0. The number of carbonyl (C=O) groups is 2. The SMILES string of the molecule is CC=O.CNc1ccc(Cl)cc1C.Cc1ccc(-c2ccc(C(=O)C3CC3)cc2)cc1.OCO. The fraction of sp³-hybridized carbons (Fsp3) is 0.286. The highest BCUT2D eigenvalue weighted by molar-refractivity contribution is 6.30. The van der Waals surface area contributed by atoms with Crippen LogP contribution in [0.3, 0.4) is 0 Å². The van der Waals surface area contributed by atoms with Gasteiger partial charge in [-0.15, -0.1) is 0 Å². The van der Waals surface area contributed by atoms with E-state index < -0.39 is 6.79 Å². The van der Waals surface area contributed by atoms with Crippen LogP contribution in [0.25, 0.3) is 11.1 Å². The zero-order valence-corrected chi connectivity index (χ0v) is 21.0. The number of ketones is 1. The van der Waals surface area contributed by atoms with Crippen molar-refractivity contribution in [3.63, 3.8) is 0 Å². The molecule has 3 N–H and O–H groups in total. The summed E-state index contributed by atoms with van der Waals surface area (Å²) in [6, 6.07) is 22.2. The molecule has 1 aliphatic carbocycles. The third kappa shape index (κ3) is 10.3. The Hall–Kier alpha value is -2.99. The Bertz CT molecular complexity index is 1010. The lowest BCUT2D eigenvalue weighted by molar-refractivity contribution is -0.106. The highest BCUT2D eigenvalue weighted by atomic mass is 35.5. The van der Waals surface area contributed by atoms with Crippen molar-refractivity contribution in [2.45, 2.75) is 33.6 Å². The number of carbonyl (C=O) groups excluding carboxylic acids is 2. The van der Waals surface area contributed by atoms with Gasteiger partial charge in [-0.25, -0.2) is 0 Å². The summed E-state index contributed by atoms with van der Waals surface area (Å²) in [6.45, 7) is 4.80. The molecule has 0 aromatic heterocycles. The largest absolute Gasteiger partial charge is 0.388 e. The molecule has 4 rings (SSSR count). The van der Waals surface area contributed by atoms with E-state index in [1.807, 2.05) is 56.4 Å². The average molecular weight is 484 g/mol. The predicted molar refractivity (Wildman–Crippen MR) is 140 cm³/mol. The maximum absolute atomic E-state index is 11.9. The van der Waals surface area contributed by atoms with Crippen molar-refractivity contribution in [3.05, 3.63) is 88.4 Å². The van der Waals surface area contributed by atoms with Crippen molar-refractivity contribution in [1.82, 2.24) is 0 Å². The van der Waals surface area contributed by atoms with Gasteiger partial charge in [-0.2, -0.15) is 0 Å². The molecule has 3 aromatic carbocycles. The standard InChI is InChI=1S/C17H16O.C8H10ClN.C2H4O.CH4O2/c1-12-2-4-13(5-3-12)14-6-8-15(9-7-14)17(18)16-10-11-16;1-6-5-7(9)3-4-8(6)10-2;1-2-3;2-1-3/h2-9,16H,10-11H2,1H3;3-5,10H,1-2H3;2H,1H3;2-3H,1H2. The molecular formula is C28H34ClNO4. The highest BCUT2D eigenvalue weighted by Gasteiger charge is 2.30. The minimum Gasteiger partial charge on any atom is -0.388 e. The zero-order chi connectivity index (χ0) is 25.5. The van der Waals surface area contributed by atoms with Gasteiger partial charge in [0.2, 0.25) is 0 Å². The number of aldehydes is 1. The smallest absolute Gasteiger partial charge is 0.165 e. The Morgan fingerprint density at radius 3 is 1.85 bits per heavy atom. The van der Waals surface area contributed by atoms with Crippen LogP contribution in [-0.4, -0.2) is 36.1 Å². The molecule has 0 bridgehead atoms. The summed E-state index contributed by atoms with van der Waals surface area (Å²) in [6.07, 6.45) is 2.89. The molecule has 5 nitrogen and oxygen atoms in total. The van der Waals surface area contributed by atoms with Crippen molar-refractivity contribution >= 4 is 29.4 Å². The summed E-state index contributed by atoms with van der Waals surface area (Å²) in [5, 5.41) is 18.1. The molecule has 0 spiro atoms. The number of aliphatic hydroxyl groups excluding tert-OH is 1. The number of aryl methyl sites for hydroxylation is 2. The van der Waals surface area contributed by atoms with Crippen molar-refractivity contribution in [2.75, 3.05) is 19.2 Å². The molecule has 0 saturated heterocycles. The molecule has 182 valence electrons. The fourth-order valence-electron chi connectivity index (χ4n) is 3.06. The first-order chi connectivity index (χ1) is 16.3. The van der Waals surface area contributed by atoms with E-state index in [4.69, 9.17) is 26.6 Å². The van der Waals surface area contributed by atoms with E-state index >= 15 is 0 Å². The van der Waals surface area contributed by atoms with E-state index in [1.165, 1.54) is 29.2 Å². The summed E-state index contributed by atoms with van der Waals surface area (Å²) in [4.78, 5) is 20.7. The molecule has 0 aliphatic heterocycles. The van der Waals surface area contributed by atoms with E-state index in [0.29, 0.717) is 11.7 Å². The lowest BCUT2D eigenvalue weighted by atomic mass is 10.0. The second-order valence-corrected chi connectivity index (χ2v) is 8.10. The maximum Gasteiger partial charge on any atom is 0.165 e. The quantitative estimate of drug-likeness (QED) is 0.238. The second kappa shape index (κ2) is 15.8. The molecule has 0 amide bonds. The van der Waals surface area contributed by atoms with Gasteiger partial charge in [0, 0.05) is 29.2 Å². The number of rotatable bonds is 4. The van der Waals surface area contributed by atoms with Gasteiger partial charge in [-0.1, -0.05) is 65.7 Å². The van der Waals surface area contributed by atoms with Crippen LogP contribution in [0.4, 0.5) is 5.69 Å². The second-order valence-electron chi connectivity index (χ2n) is 7.67. The number of anilines is 1. The Morgan fingerprint density at radius 1 is 0.971 bits per heavy atom. The van der Waals surface area contributed by atoms with Gasteiger partial charge in [0.15, 0.2) is 5.78 Å². The van der Waals surface area contributed by atoms with Crippen LogP contribution in [-0.2, 0) is 4.79 Å². The molecule has 1 saturated carbocycles. The molecule has 6 heteroatoms. The minimum atomic E-state index is -0.750. The Kier molecular flexibility index (Phi) is 13.5. The molecule has 1 fully saturated rings. The first-order valence-corrected chi connectivity index (χ1v) is 11.5. The van der Waals surface area contributed by atoms with E-state index in [1.54, 1.807) is 0 Å². The number of benzene rings is 3. The molecule has 0 heterocycles. The van der Waals surface area contributed by atoms with Gasteiger partial charge < -0.3 is 20.3 Å². The summed E-state index contributed by atoms with van der Waals surface area (Å²) in [7, 11) is 1.90. The van der Waals surface area contributed by atoms with E-state index in [9.17, 15) is 4.79 Å². The number of nitrogens with one attached hydrogen (secondary N) is 1. The number of hydrogen-bond acceptors (Lipinski definition) is 5. The molecule has 0 radical (unpaired) electrons. The van der Waals surface area contributed by atoms with Crippen LogP contribution >= 0.6 is 11.6 Å². The van der Waals surface area contributed by atoms with Crippen LogP contribution in [0, 0.1) is 19.8 Å². The molecular weight excluding hydrogens is 450 g/mol. The van der Waals surface area contributed by atoms with Gasteiger partial charge in [0.05, 0.1) is 0 Å². The number of Topliss-reactive ketones (excluding diaryl/α,β-unsaturated/α-hetero) is 1. The lowest BCUT2D eigenvalue weighted by Gasteiger charge is -2.04. The number of hydrogen-bond donors (Lipinski definition) is 3. The molecule has 34 heavy (non-hydrogen) atoms. The molecule has 0 atom stereocenters. The van der Waals surface area contributed by atoms with Crippen LogP contribution in [0.1, 0.15) is 41.3 Å². The zero-order valence-electron chi connectivity index (χ0n) is 20.2. The lowest BCUT2D eigenvalue weighted by Crippen LogP contribution is -2.00. The van der Waals surface area contributed by atoms with Gasteiger partial charge in [-0.05, 0) is 68.5 Å². The topological polar surface area (TPSA) is 86.6 Å². The van der Waals surface area contributed by atoms with Crippen LogP contribution in [0.5, 0.6) is 0 Å². The number of aliphatic hydroxyl groups is 2. The van der Waals surface area contributed by atoms with Crippen LogP contribution in [0.2, 0.25) is 5.02 Å². The third-order valence-corrected chi connectivity index (χ3v) is 5.20. The monoisotopic (exact) mass is 483 g/mol. The van der Waals surface area contributed by atoms with E-state index in [2.05, 4.69) is 36.5 Å². The van der Waals surface area contributed by atoms with Crippen molar-refractivity contribution in [3.8, 4) is 11.1 Å². The van der Waals surface area contributed by atoms with E-state index in [0.717, 1.165) is 35.4 Å². The summed E-state index contributed by atoms with van der Waals surface area (Å²) < 4.78 is 0. The maximum atomic E-state index is 11.9. The normalized spacial score (nSPS) is 11.4. The average Bonchev–Trinajstić information content (AvgIpc) is 3.67. The van der Waals surface area contributed by atoms with Crippen LogP contribution < -0.4 is 5.32 Å². The van der Waals surface area contributed by atoms with E-state index in [-0.39, 0.29) is 0 Å². The Labute approximate surface area is 207 Å². The third-order valence-electron chi connectivity index (χ3n) is 4.96. The van der Waals surface area contributed by atoms with Crippen molar-refractivity contribution in [1.29, 1.82) is 0 Å². The summed E-state index contributed by atoms with van der Waals surface area (Å²) in [5.74, 6) is 0.612. The van der Waals surface area contributed by atoms with Crippen molar-refractivity contribution in [2.24, 2.45) is 5.92 Å². The molecule has 1 aliphatic rings. The van der Waals surface area contributed by atoms with Crippen LogP contribution in [0.15, 0.2) is 66.7 Å².